The van der Waals surface area contributed by atoms with E-state index >= 15 is 0 Å². The molecule has 0 aliphatic carbocycles. The maximum absolute atomic E-state index is 11.9. The topological polar surface area (TPSA) is 90.9 Å². The summed E-state index contributed by atoms with van der Waals surface area (Å²) in [5.74, 6) is 0. The van der Waals surface area contributed by atoms with Gasteiger partial charge in [-0.3, -0.25) is 9.42 Å². The van der Waals surface area contributed by atoms with E-state index in [9.17, 15) is 14.3 Å². The van der Waals surface area contributed by atoms with E-state index in [1.165, 1.54) is 12.0 Å². The van der Waals surface area contributed by atoms with Gasteiger partial charge in [0.15, 0.2) is 0 Å². The highest BCUT2D eigenvalue weighted by Crippen LogP contribution is 2.37. The van der Waals surface area contributed by atoms with Crippen LogP contribution in [0.15, 0.2) is 24.3 Å². The summed E-state index contributed by atoms with van der Waals surface area (Å²) in [5.41, 5.74) is 1.77. The molecule has 1 heterocycles. The third-order valence-electron chi connectivity index (χ3n) is 4.33. The van der Waals surface area contributed by atoms with Gasteiger partial charge in [0.1, 0.15) is 0 Å². The summed E-state index contributed by atoms with van der Waals surface area (Å²) in [6.45, 7) is 3.27. The number of amides is 2. The second kappa shape index (κ2) is 9.34. The zero-order chi connectivity index (χ0) is 18.3. The van der Waals surface area contributed by atoms with Crippen LogP contribution in [0, 0.1) is 0 Å². The number of unbranched alkanes of at least 4 members (excludes halogenated alkanes) is 2. The first kappa shape index (κ1) is 19.9. The number of carbonyl (C=O) groups excluding carboxylic acids is 1. The lowest BCUT2D eigenvalue weighted by molar-refractivity contribution is 0.234. The molecular weight excluding hydrogens is 341 g/mol. The second-order valence-electron chi connectivity index (χ2n) is 6.39. The van der Waals surface area contributed by atoms with Gasteiger partial charge in [-0.15, -0.1) is 0 Å². The largest absolute Gasteiger partial charge is 0.433 e. The van der Waals surface area contributed by atoms with Gasteiger partial charge >= 0.3 is 13.8 Å². The SMILES string of the molecule is CCCCCOP(=O)(O)NC(=O)Nc1ccc(C2CCCN2C)cc1. The van der Waals surface area contributed by atoms with Gasteiger partial charge in [-0.2, -0.15) is 0 Å². The fourth-order valence-corrected chi connectivity index (χ4v) is 3.73. The van der Waals surface area contributed by atoms with Crippen molar-refractivity contribution in [3.05, 3.63) is 29.8 Å². The molecule has 0 aromatic heterocycles. The van der Waals surface area contributed by atoms with E-state index in [1.807, 2.05) is 24.1 Å². The molecule has 1 fully saturated rings. The van der Waals surface area contributed by atoms with Crippen LogP contribution in [0.1, 0.15) is 50.6 Å². The van der Waals surface area contributed by atoms with E-state index in [0.29, 0.717) is 18.2 Å². The lowest BCUT2D eigenvalue weighted by Crippen LogP contribution is -2.27. The zero-order valence-corrected chi connectivity index (χ0v) is 15.8. The normalized spacial score (nSPS) is 20.2. The van der Waals surface area contributed by atoms with Crippen molar-refractivity contribution in [2.24, 2.45) is 0 Å². The number of benzene rings is 1. The maximum Gasteiger partial charge on any atom is 0.433 e. The van der Waals surface area contributed by atoms with Crippen LogP contribution in [0.5, 0.6) is 0 Å². The standard InChI is InChI=1S/C17H28N3O4P/c1-3-4-5-13-24-25(22,23)19-17(21)18-15-10-8-14(9-11-15)16-7-6-12-20(16)2/h8-11,16H,3-7,12-13H2,1-2H3,(H3,18,19,21,22,23). The summed E-state index contributed by atoms with van der Waals surface area (Å²) in [7, 11) is -2.02. The fourth-order valence-electron chi connectivity index (χ4n) is 2.98. The number of hydrogen-bond donors (Lipinski definition) is 3. The first-order valence-electron chi connectivity index (χ1n) is 8.78. The average Bonchev–Trinajstić information content (AvgIpc) is 2.98. The van der Waals surface area contributed by atoms with Gasteiger partial charge in [0.05, 0.1) is 6.61 Å². The van der Waals surface area contributed by atoms with Crippen LogP contribution in [0.25, 0.3) is 0 Å². The van der Waals surface area contributed by atoms with Gasteiger partial charge < -0.3 is 10.2 Å². The van der Waals surface area contributed by atoms with Gasteiger partial charge in [0.25, 0.3) is 0 Å². The van der Waals surface area contributed by atoms with Gasteiger partial charge in [-0.25, -0.2) is 14.4 Å². The number of urea groups is 1. The number of anilines is 1. The van der Waals surface area contributed by atoms with Crippen LogP contribution in [-0.2, 0) is 9.09 Å². The number of rotatable bonds is 8. The Morgan fingerprint density at radius 1 is 1.36 bits per heavy atom. The Morgan fingerprint density at radius 2 is 2.08 bits per heavy atom. The second-order valence-corrected chi connectivity index (χ2v) is 7.91. The van der Waals surface area contributed by atoms with Crippen LogP contribution in [0.3, 0.4) is 0 Å². The molecule has 1 aliphatic heterocycles. The lowest BCUT2D eigenvalue weighted by Gasteiger charge is -2.20. The summed E-state index contributed by atoms with van der Waals surface area (Å²) in [6, 6.07) is 7.20. The highest BCUT2D eigenvalue weighted by atomic mass is 31.2. The minimum Gasteiger partial charge on any atom is -0.308 e. The smallest absolute Gasteiger partial charge is 0.308 e. The molecule has 2 unspecified atom stereocenters. The first-order valence-corrected chi connectivity index (χ1v) is 10.4. The van der Waals surface area contributed by atoms with Crippen molar-refractivity contribution in [1.82, 2.24) is 9.99 Å². The molecule has 0 saturated carbocycles. The average molecular weight is 369 g/mol. The molecule has 2 amide bonds. The van der Waals surface area contributed by atoms with Gasteiger partial charge in [0.2, 0.25) is 0 Å². The van der Waals surface area contributed by atoms with Gasteiger partial charge in [0, 0.05) is 11.7 Å². The fraction of sp³-hybridized carbons (Fsp3) is 0.588. The van der Waals surface area contributed by atoms with E-state index in [-0.39, 0.29) is 6.61 Å². The van der Waals surface area contributed by atoms with E-state index in [4.69, 9.17) is 4.52 Å². The van der Waals surface area contributed by atoms with E-state index < -0.39 is 13.8 Å². The molecule has 1 saturated heterocycles. The Morgan fingerprint density at radius 3 is 2.68 bits per heavy atom. The van der Waals surface area contributed by atoms with Crippen molar-refractivity contribution in [3.8, 4) is 0 Å². The molecule has 2 rings (SSSR count). The molecule has 2 atom stereocenters. The minimum absolute atomic E-state index is 0.144. The molecule has 25 heavy (non-hydrogen) atoms. The predicted molar refractivity (Wildman–Crippen MR) is 98.5 cm³/mol. The van der Waals surface area contributed by atoms with Crippen LogP contribution < -0.4 is 10.4 Å². The number of hydrogen-bond acceptors (Lipinski definition) is 4. The molecule has 1 aromatic rings. The Kier molecular flexibility index (Phi) is 7.44. The van der Waals surface area contributed by atoms with E-state index in [1.54, 1.807) is 12.1 Å². The Bertz CT molecular complexity index is 608. The van der Waals surface area contributed by atoms with Crippen LogP contribution in [0.2, 0.25) is 0 Å². The lowest BCUT2D eigenvalue weighted by atomic mass is 10.0. The van der Waals surface area contributed by atoms with Crippen molar-refractivity contribution in [2.75, 3.05) is 25.5 Å². The Hall–Kier alpha value is -1.40. The molecule has 3 N–H and O–H groups in total. The van der Waals surface area contributed by atoms with E-state index in [2.05, 4.69) is 17.3 Å². The summed E-state index contributed by atoms with van der Waals surface area (Å²) in [5, 5.41) is 4.54. The molecule has 1 aliphatic rings. The first-order chi connectivity index (χ1) is 11.9. The number of nitrogens with one attached hydrogen (secondary N) is 2. The third-order valence-corrected chi connectivity index (χ3v) is 5.35. The van der Waals surface area contributed by atoms with Gasteiger partial charge in [-0.05, 0) is 50.6 Å². The van der Waals surface area contributed by atoms with Crippen molar-refractivity contribution in [3.63, 3.8) is 0 Å². The summed E-state index contributed by atoms with van der Waals surface area (Å²) >= 11 is 0. The van der Waals surface area contributed by atoms with Crippen LogP contribution in [-0.4, -0.2) is 36.0 Å². The minimum atomic E-state index is -4.13. The quantitative estimate of drug-likeness (QED) is 0.478. The third kappa shape index (κ3) is 6.44. The monoisotopic (exact) mass is 369 g/mol. The predicted octanol–water partition coefficient (Wildman–Crippen LogP) is 3.88. The molecule has 140 valence electrons. The van der Waals surface area contributed by atoms with Crippen molar-refractivity contribution in [2.45, 2.75) is 45.1 Å². The van der Waals surface area contributed by atoms with Gasteiger partial charge in [-0.1, -0.05) is 31.9 Å². The highest BCUT2D eigenvalue weighted by molar-refractivity contribution is 7.51. The number of nitrogens with zero attached hydrogens (tertiary/aromatic N) is 1. The molecule has 0 spiro atoms. The molecule has 8 heteroatoms. The maximum atomic E-state index is 11.9. The number of likely N-dealkylation sites (tertiary alicyclic amines) is 1. The molecule has 7 nitrogen and oxygen atoms in total. The summed E-state index contributed by atoms with van der Waals surface area (Å²) < 4.78 is 16.7. The van der Waals surface area contributed by atoms with Crippen LogP contribution in [0.4, 0.5) is 10.5 Å². The van der Waals surface area contributed by atoms with E-state index in [0.717, 1.165) is 25.8 Å². The highest BCUT2D eigenvalue weighted by Gasteiger charge is 2.24. The van der Waals surface area contributed by atoms with Crippen molar-refractivity contribution < 1.29 is 18.8 Å². The van der Waals surface area contributed by atoms with Crippen molar-refractivity contribution in [1.29, 1.82) is 0 Å². The summed E-state index contributed by atoms with van der Waals surface area (Å²) in [6.07, 6.45) is 4.90. The van der Waals surface area contributed by atoms with Crippen LogP contribution >= 0.6 is 7.75 Å². The molecule has 1 aromatic carbocycles. The Balaban J connectivity index is 1.82. The number of carbonyl (C=O) groups is 1. The molecule has 0 radical (unpaired) electrons. The molecule has 0 bridgehead atoms. The molecular formula is C17H28N3O4P. The Labute approximate surface area is 149 Å². The zero-order valence-electron chi connectivity index (χ0n) is 14.9. The summed E-state index contributed by atoms with van der Waals surface area (Å²) in [4.78, 5) is 23.8. The van der Waals surface area contributed by atoms with Crippen molar-refractivity contribution >= 4 is 19.5 Å².